The summed E-state index contributed by atoms with van der Waals surface area (Å²) < 4.78 is 10.7. The molecule has 2 rings (SSSR count). The van der Waals surface area contributed by atoms with Crippen molar-refractivity contribution in [1.82, 2.24) is 4.90 Å². The number of ether oxygens (including phenoxy) is 1. The molecule has 0 unspecified atom stereocenters. The summed E-state index contributed by atoms with van der Waals surface area (Å²) in [6, 6.07) is 6.10. The molecular weight excluding hydrogens is 357 g/mol. The molecule has 0 fully saturated rings. The highest BCUT2D eigenvalue weighted by molar-refractivity contribution is 6.35. The number of aryl methyl sites for hydroxylation is 1. The number of nitrogens with zero attached hydrogens (tertiary/aromatic N) is 1. The van der Waals surface area contributed by atoms with Gasteiger partial charge in [-0.15, -0.1) is 0 Å². The van der Waals surface area contributed by atoms with Gasteiger partial charge in [-0.3, -0.25) is 4.79 Å². The van der Waals surface area contributed by atoms with Crippen LogP contribution in [-0.2, 0) is 11.3 Å². The summed E-state index contributed by atoms with van der Waals surface area (Å²) in [5, 5.41) is 9.78. The normalized spacial score (nSPS) is 10.5. The smallest absolute Gasteiger partial charge is 0.339 e. The second kappa shape index (κ2) is 7.59. The van der Waals surface area contributed by atoms with E-state index in [0.717, 1.165) is 0 Å². The summed E-state index contributed by atoms with van der Waals surface area (Å²) >= 11 is 11.8. The van der Waals surface area contributed by atoms with Crippen molar-refractivity contribution in [3.63, 3.8) is 0 Å². The Morgan fingerprint density at radius 3 is 2.58 bits per heavy atom. The minimum absolute atomic E-state index is 0.0787. The van der Waals surface area contributed by atoms with Crippen LogP contribution in [0.3, 0.4) is 0 Å². The quantitative estimate of drug-likeness (QED) is 0.838. The zero-order valence-electron chi connectivity index (χ0n) is 13.0. The topological polar surface area (TPSA) is 80.0 Å². The lowest BCUT2D eigenvalue weighted by molar-refractivity contribution is -0.132. The fraction of sp³-hybridized carbons (Fsp3) is 0.250. The van der Waals surface area contributed by atoms with Crippen LogP contribution in [0.5, 0.6) is 5.75 Å². The predicted molar refractivity (Wildman–Crippen MR) is 88.8 cm³/mol. The number of aromatic carboxylic acids is 1. The lowest BCUT2D eigenvalue weighted by atomic mass is 10.2. The number of carbonyl (C=O) groups excluding carboxylic acids is 1. The van der Waals surface area contributed by atoms with Crippen molar-refractivity contribution in [2.75, 3.05) is 13.7 Å². The van der Waals surface area contributed by atoms with Crippen LogP contribution in [0.1, 0.15) is 21.9 Å². The number of carboxylic acids is 1. The van der Waals surface area contributed by atoms with Gasteiger partial charge in [-0.1, -0.05) is 23.2 Å². The van der Waals surface area contributed by atoms with E-state index in [4.69, 9.17) is 37.5 Å². The molecule has 0 saturated heterocycles. The van der Waals surface area contributed by atoms with Crippen LogP contribution in [0.15, 0.2) is 28.7 Å². The molecule has 6 nitrogen and oxygen atoms in total. The summed E-state index contributed by atoms with van der Waals surface area (Å²) in [7, 11) is 1.56. The molecule has 1 amide bonds. The van der Waals surface area contributed by atoms with E-state index in [1.165, 1.54) is 17.0 Å². The lowest BCUT2D eigenvalue weighted by Crippen LogP contribution is -2.30. The maximum atomic E-state index is 12.1. The van der Waals surface area contributed by atoms with Gasteiger partial charge in [-0.25, -0.2) is 4.79 Å². The average molecular weight is 372 g/mol. The fourth-order valence-corrected chi connectivity index (χ4v) is 2.46. The molecule has 0 aliphatic carbocycles. The van der Waals surface area contributed by atoms with Gasteiger partial charge in [0.15, 0.2) is 6.61 Å². The van der Waals surface area contributed by atoms with Crippen LogP contribution in [-0.4, -0.2) is 35.5 Å². The number of hydrogen-bond donors (Lipinski definition) is 1. The van der Waals surface area contributed by atoms with Crippen molar-refractivity contribution in [3.8, 4) is 5.75 Å². The Labute approximate surface area is 148 Å². The molecule has 0 atom stereocenters. The van der Waals surface area contributed by atoms with E-state index in [2.05, 4.69) is 0 Å². The Balaban J connectivity index is 1.94. The summed E-state index contributed by atoms with van der Waals surface area (Å²) in [6.45, 7) is 1.47. The van der Waals surface area contributed by atoms with Gasteiger partial charge < -0.3 is 19.2 Å². The van der Waals surface area contributed by atoms with Crippen LogP contribution in [0.25, 0.3) is 0 Å². The highest BCUT2D eigenvalue weighted by atomic mass is 35.5. The first kappa shape index (κ1) is 18.2. The zero-order chi connectivity index (χ0) is 17.9. The van der Waals surface area contributed by atoms with Crippen molar-refractivity contribution >= 4 is 35.1 Å². The van der Waals surface area contributed by atoms with E-state index in [1.807, 2.05) is 0 Å². The Kier molecular flexibility index (Phi) is 5.75. The monoisotopic (exact) mass is 371 g/mol. The molecule has 0 bridgehead atoms. The summed E-state index contributed by atoms with van der Waals surface area (Å²) in [5.74, 6) is -0.359. The molecule has 0 aliphatic heterocycles. The molecule has 0 radical (unpaired) electrons. The van der Waals surface area contributed by atoms with E-state index < -0.39 is 5.97 Å². The Hall–Kier alpha value is -2.18. The predicted octanol–water partition coefficient (Wildman–Crippen LogP) is 3.63. The molecule has 8 heteroatoms. The van der Waals surface area contributed by atoms with E-state index in [0.29, 0.717) is 27.3 Å². The van der Waals surface area contributed by atoms with Crippen molar-refractivity contribution in [3.05, 3.63) is 51.4 Å². The van der Waals surface area contributed by atoms with Crippen molar-refractivity contribution < 1.29 is 23.8 Å². The average Bonchev–Trinajstić information content (AvgIpc) is 2.86. The van der Waals surface area contributed by atoms with Gasteiger partial charge in [0.25, 0.3) is 5.91 Å². The molecule has 128 valence electrons. The number of furan rings is 1. The molecule has 0 spiro atoms. The molecule has 24 heavy (non-hydrogen) atoms. The molecule has 0 aliphatic rings. The number of carbonyl (C=O) groups is 2. The molecular formula is C16H15Cl2NO5. The number of rotatable bonds is 6. The highest BCUT2D eigenvalue weighted by Crippen LogP contribution is 2.27. The third-order valence-electron chi connectivity index (χ3n) is 3.26. The van der Waals surface area contributed by atoms with Crippen molar-refractivity contribution in [2.24, 2.45) is 0 Å². The van der Waals surface area contributed by atoms with Gasteiger partial charge in [-0.05, 0) is 31.2 Å². The first-order valence-corrected chi connectivity index (χ1v) is 7.68. The Bertz CT molecular complexity index is 772. The van der Waals surface area contributed by atoms with Crippen LogP contribution in [0.2, 0.25) is 10.0 Å². The first-order valence-electron chi connectivity index (χ1n) is 6.92. The zero-order valence-corrected chi connectivity index (χ0v) is 14.5. The summed E-state index contributed by atoms with van der Waals surface area (Å²) in [4.78, 5) is 24.5. The molecule has 1 heterocycles. The highest BCUT2D eigenvalue weighted by Gasteiger charge is 2.17. The number of carboxylic acid groups (broad SMARTS) is 1. The van der Waals surface area contributed by atoms with Crippen LogP contribution in [0, 0.1) is 6.92 Å². The second-order valence-electron chi connectivity index (χ2n) is 5.10. The summed E-state index contributed by atoms with van der Waals surface area (Å²) in [5.41, 5.74) is 0.0787. The minimum atomic E-state index is -1.07. The van der Waals surface area contributed by atoms with Crippen LogP contribution >= 0.6 is 23.2 Å². The van der Waals surface area contributed by atoms with Gasteiger partial charge in [0.2, 0.25) is 0 Å². The maximum Gasteiger partial charge on any atom is 0.339 e. The fourth-order valence-electron chi connectivity index (χ4n) is 2.00. The number of benzene rings is 1. The maximum absolute atomic E-state index is 12.1. The number of likely N-dealkylation sites (N-methyl/N-ethyl adjacent to an activating group) is 1. The number of hydrogen-bond acceptors (Lipinski definition) is 4. The molecule has 1 N–H and O–H groups in total. The van der Waals surface area contributed by atoms with Crippen molar-refractivity contribution in [1.29, 1.82) is 0 Å². The van der Waals surface area contributed by atoms with E-state index in [9.17, 15) is 9.59 Å². The molecule has 1 aromatic heterocycles. The minimum Gasteiger partial charge on any atom is -0.482 e. The van der Waals surface area contributed by atoms with Crippen LogP contribution < -0.4 is 4.74 Å². The van der Waals surface area contributed by atoms with Gasteiger partial charge in [0.1, 0.15) is 22.8 Å². The second-order valence-corrected chi connectivity index (χ2v) is 5.94. The largest absolute Gasteiger partial charge is 0.482 e. The van der Waals surface area contributed by atoms with Gasteiger partial charge in [0, 0.05) is 12.1 Å². The van der Waals surface area contributed by atoms with Gasteiger partial charge >= 0.3 is 5.97 Å². The third kappa shape index (κ3) is 4.43. The van der Waals surface area contributed by atoms with Gasteiger partial charge in [-0.2, -0.15) is 0 Å². The van der Waals surface area contributed by atoms with Crippen molar-refractivity contribution in [2.45, 2.75) is 13.5 Å². The van der Waals surface area contributed by atoms with Gasteiger partial charge in [0.05, 0.1) is 11.6 Å². The Morgan fingerprint density at radius 1 is 1.29 bits per heavy atom. The van der Waals surface area contributed by atoms with E-state index >= 15 is 0 Å². The number of amides is 1. The van der Waals surface area contributed by atoms with Crippen LogP contribution in [0.4, 0.5) is 0 Å². The molecule has 2 aromatic rings. The molecule has 1 aromatic carbocycles. The summed E-state index contributed by atoms with van der Waals surface area (Å²) in [6.07, 6.45) is 0. The van der Waals surface area contributed by atoms with E-state index in [1.54, 1.807) is 26.1 Å². The third-order valence-corrected chi connectivity index (χ3v) is 3.79. The molecule has 0 saturated carbocycles. The first-order chi connectivity index (χ1) is 11.3. The SMILES string of the molecule is Cc1oc(CN(C)C(=O)COc2ccc(Cl)cc2Cl)cc1C(=O)O. The standard InChI is InChI=1S/C16H15Cl2NO5/c1-9-12(16(21)22)6-11(24-9)7-19(2)15(20)8-23-14-4-3-10(17)5-13(14)18/h3-6H,7-8H2,1-2H3,(H,21,22). The number of halogens is 2. The van der Waals surface area contributed by atoms with E-state index in [-0.39, 0.29) is 24.6 Å². The lowest BCUT2D eigenvalue weighted by Gasteiger charge is -2.16. The Morgan fingerprint density at radius 2 is 2.00 bits per heavy atom.